The molecule has 0 saturated heterocycles. The van der Waals surface area contributed by atoms with E-state index < -0.39 is 11.6 Å². The smallest absolute Gasteiger partial charge is 1.00 e. The van der Waals surface area contributed by atoms with Crippen molar-refractivity contribution in [2.75, 3.05) is 7.11 Å². The average molecular weight is 689 g/mol. The first-order chi connectivity index (χ1) is 18.2. The molecule has 2 saturated carbocycles. The van der Waals surface area contributed by atoms with E-state index in [2.05, 4.69) is 31.9 Å². The molecule has 0 bridgehead atoms. The summed E-state index contributed by atoms with van der Waals surface area (Å²) in [5.74, 6) is -0.829. The maximum absolute atomic E-state index is 13.6. The van der Waals surface area contributed by atoms with E-state index in [-0.39, 0.29) is 74.8 Å². The van der Waals surface area contributed by atoms with Gasteiger partial charge in [-0.1, -0.05) is 0 Å². The second-order valence-electron chi connectivity index (χ2n) is 8.99. The van der Waals surface area contributed by atoms with Gasteiger partial charge in [-0.2, -0.15) is 0 Å². The molecule has 2 aromatic heterocycles. The van der Waals surface area contributed by atoms with Crippen molar-refractivity contribution in [1.29, 1.82) is 0 Å². The molecule has 2 aliphatic carbocycles. The Kier molecular flexibility index (Phi) is 12.5. The molecule has 40 heavy (non-hydrogen) atoms. The number of aromatic nitrogens is 2. The van der Waals surface area contributed by atoms with Crippen molar-refractivity contribution in [3.05, 3.63) is 88.8 Å². The SMILES string of the molecule is CO.O=Cc1cc(=O)n(C2CC2)c2cc(Br)c(F)cc12.O=c1cc(CO)c2cc(F)c(Br)cc2n1C1CC1.[B].[H-].[Na+]. The Morgan fingerprint density at radius 3 is 1.70 bits per heavy atom. The number of halogens is 4. The minimum absolute atomic E-state index is 0. The Morgan fingerprint density at radius 1 is 0.850 bits per heavy atom. The Morgan fingerprint density at radius 2 is 1.27 bits per heavy atom. The van der Waals surface area contributed by atoms with Gasteiger partial charge in [0.2, 0.25) is 0 Å². The molecule has 0 atom stereocenters. The van der Waals surface area contributed by atoms with Gasteiger partial charge in [-0.05, 0) is 87.4 Å². The van der Waals surface area contributed by atoms with Crippen LogP contribution in [0.2, 0.25) is 0 Å². The van der Waals surface area contributed by atoms with Crippen molar-refractivity contribution in [3.63, 3.8) is 0 Å². The third-order valence-corrected chi connectivity index (χ3v) is 7.64. The molecule has 0 unspecified atom stereocenters. The molecule has 0 aliphatic heterocycles. The molecular formula is C27H25BBr2F2N2NaO5. The van der Waals surface area contributed by atoms with Crippen molar-refractivity contribution in [2.45, 2.75) is 44.4 Å². The summed E-state index contributed by atoms with van der Waals surface area (Å²) >= 11 is 6.25. The fourth-order valence-electron chi connectivity index (χ4n) is 4.42. The molecular weight excluding hydrogens is 664 g/mol. The monoisotopic (exact) mass is 687 g/mol. The summed E-state index contributed by atoms with van der Waals surface area (Å²) in [4.78, 5) is 35.0. The number of fused-ring (bicyclic) bond motifs is 2. The first-order valence-electron chi connectivity index (χ1n) is 11.8. The number of rotatable bonds is 4. The number of hydrogen-bond acceptors (Lipinski definition) is 5. The summed E-state index contributed by atoms with van der Waals surface area (Å²) in [5, 5.41) is 17.4. The van der Waals surface area contributed by atoms with Crippen LogP contribution in [0.25, 0.3) is 21.8 Å². The van der Waals surface area contributed by atoms with Crippen LogP contribution in [0.1, 0.15) is 55.1 Å². The van der Waals surface area contributed by atoms with Crippen LogP contribution in [0.3, 0.4) is 0 Å². The molecule has 205 valence electrons. The van der Waals surface area contributed by atoms with E-state index in [0.717, 1.165) is 32.8 Å². The van der Waals surface area contributed by atoms with Crippen molar-refractivity contribution in [3.8, 4) is 0 Å². The first-order valence-corrected chi connectivity index (χ1v) is 13.4. The van der Waals surface area contributed by atoms with E-state index >= 15 is 0 Å². The van der Waals surface area contributed by atoms with E-state index in [0.29, 0.717) is 42.6 Å². The van der Waals surface area contributed by atoms with Crippen LogP contribution in [0, 0.1) is 11.6 Å². The zero-order valence-corrected chi connectivity index (χ0v) is 27.0. The van der Waals surface area contributed by atoms with Crippen LogP contribution in [0.4, 0.5) is 8.78 Å². The molecule has 2 aromatic carbocycles. The molecule has 7 nitrogen and oxygen atoms in total. The summed E-state index contributed by atoms with van der Waals surface area (Å²) in [7, 11) is 1.00. The van der Waals surface area contributed by atoms with Crippen molar-refractivity contribution < 1.29 is 54.8 Å². The maximum Gasteiger partial charge on any atom is 1.00 e. The second-order valence-corrected chi connectivity index (χ2v) is 10.7. The van der Waals surface area contributed by atoms with E-state index in [4.69, 9.17) is 5.11 Å². The number of hydrogen-bond donors (Lipinski definition) is 2. The normalized spacial score (nSPS) is 13.8. The quantitative estimate of drug-likeness (QED) is 0.253. The summed E-state index contributed by atoms with van der Waals surface area (Å²) in [6.07, 6.45) is 4.44. The fraction of sp³-hybridized carbons (Fsp3) is 0.296. The molecule has 2 fully saturated rings. The third kappa shape index (κ3) is 7.03. The number of pyridine rings is 2. The van der Waals surface area contributed by atoms with Crippen LogP contribution < -0.4 is 40.7 Å². The van der Waals surface area contributed by atoms with Gasteiger partial charge in [0.15, 0.2) is 6.29 Å². The van der Waals surface area contributed by atoms with Gasteiger partial charge >= 0.3 is 29.6 Å². The number of aliphatic hydroxyl groups is 2. The number of carbonyl (C=O) groups excluding carboxylic acids is 1. The summed E-state index contributed by atoms with van der Waals surface area (Å²) in [5.41, 5.74) is 1.66. The number of aldehydes is 1. The van der Waals surface area contributed by atoms with E-state index in [9.17, 15) is 28.3 Å². The number of benzene rings is 2. The molecule has 3 radical (unpaired) electrons. The molecule has 2 heterocycles. The fourth-order valence-corrected chi connectivity index (χ4v) is 5.08. The van der Waals surface area contributed by atoms with Gasteiger partial charge in [-0.25, -0.2) is 8.78 Å². The molecule has 0 spiro atoms. The van der Waals surface area contributed by atoms with Crippen LogP contribution in [-0.4, -0.2) is 41.2 Å². The zero-order chi connectivity index (χ0) is 27.7. The topological polar surface area (TPSA) is 102 Å². The Labute approximate surface area is 270 Å². The van der Waals surface area contributed by atoms with Gasteiger partial charge in [-0.3, -0.25) is 14.4 Å². The Balaban J connectivity index is 0.000000362. The summed E-state index contributed by atoms with van der Waals surface area (Å²) in [6.45, 7) is -0.266. The van der Waals surface area contributed by atoms with E-state index in [1.807, 2.05) is 0 Å². The third-order valence-electron chi connectivity index (χ3n) is 6.43. The van der Waals surface area contributed by atoms with Gasteiger partial charge in [0, 0.05) is 56.1 Å². The number of aliphatic hydroxyl groups excluding tert-OH is 2. The standard InChI is InChI=1S/C13H11BrFNO2.C13H9BrFNO2.CH4O.B.Na.H/c2*14-10-5-12-9(4-11(10)15)7(6-17)3-13(18)16(12)8-1-2-8;1-2;;;/h3-5,8,17H,1-2,6H2;3-6,8H,1-2H2;2H,1H3;;;/q;;;;+1;-1. The van der Waals surface area contributed by atoms with Crippen LogP contribution in [0.5, 0.6) is 0 Å². The molecule has 4 aromatic rings. The van der Waals surface area contributed by atoms with Crippen molar-refractivity contribution >= 4 is 68.4 Å². The molecule has 6 rings (SSSR count). The Hall–Kier alpha value is -1.67. The van der Waals surface area contributed by atoms with Crippen molar-refractivity contribution in [2.24, 2.45) is 0 Å². The average Bonchev–Trinajstić information content (AvgIpc) is 3.82. The van der Waals surface area contributed by atoms with E-state index in [1.54, 1.807) is 21.3 Å². The number of carbonyl (C=O) groups is 1. The molecule has 13 heteroatoms. The van der Waals surface area contributed by atoms with Gasteiger partial charge in [0.25, 0.3) is 11.1 Å². The van der Waals surface area contributed by atoms with Gasteiger partial charge in [0.1, 0.15) is 11.6 Å². The molecule has 0 amide bonds. The second kappa shape index (κ2) is 14.5. The zero-order valence-electron chi connectivity index (χ0n) is 22.8. The van der Waals surface area contributed by atoms with Crippen LogP contribution in [0.15, 0.2) is 54.9 Å². The van der Waals surface area contributed by atoms with Gasteiger partial charge in [-0.15, -0.1) is 0 Å². The largest absolute Gasteiger partial charge is 1.00 e. The molecule has 2 aliphatic rings. The van der Waals surface area contributed by atoms with Gasteiger partial charge < -0.3 is 20.8 Å². The summed E-state index contributed by atoms with van der Waals surface area (Å²) in [6, 6.07) is 8.91. The predicted octanol–water partition coefficient (Wildman–Crippen LogP) is 2.12. The predicted molar refractivity (Wildman–Crippen MR) is 155 cm³/mol. The maximum atomic E-state index is 13.6. The van der Waals surface area contributed by atoms with Gasteiger partial charge in [0.05, 0.1) is 26.6 Å². The summed E-state index contributed by atoms with van der Waals surface area (Å²) < 4.78 is 31.1. The minimum atomic E-state index is -0.438. The van der Waals surface area contributed by atoms with Crippen molar-refractivity contribution in [1.82, 2.24) is 9.13 Å². The molecule has 2 N–H and O–H groups in total. The van der Waals surface area contributed by atoms with Crippen LogP contribution in [-0.2, 0) is 6.61 Å². The number of nitrogens with zero attached hydrogens (tertiary/aromatic N) is 2. The first kappa shape index (κ1) is 34.5. The minimum Gasteiger partial charge on any atom is -1.00 e. The van der Waals surface area contributed by atoms with Crippen LogP contribution >= 0.6 is 31.9 Å². The Bertz CT molecular complexity index is 1680. The van der Waals surface area contributed by atoms with E-state index in [1.165, 1.54) is 24.3 Å².